The zero-order chi connectivity index (χ0) is 15.5. The minimum Gasteiger partial charge on any atom is -0.454 e. The Bertz CT molecular complexity index is 649. The molecule has 0 amide bonds. The lowest BCUT2D eigenvalue weighted by atomic mass is 9.70. The van der Waals surface area contributed by atoms with E-state index in [4.69, 9.17) is 9.73 Å². The zero-order valence-electron chi connectivity index (χ0n) is 13.5. The highest BCUT2D eigenvalue weighted by molar-refractivity contribution is 6.03. The van der Waals surface area contributed by atoms with E-state index < -0.39 is 0 Å². The molecule has 3 aliphatic rings. The summed E-state index contributed by atoms with van der Waals surface area (Å²) in [5.74, 6) is 0.280. The van der Waals surface area contributed by atoms with Crippen molar-refractivity contribution in [3.63, 3.8) is 0 Å². The van der Waals surface area contributed by atoms with Crippen LogP contribution in [0.3, 0.4) is 0 Å². The molecule has 0 spiro atoms. The highest BCUT2D eigenvalue weighted by atomic mass is 16.5. The molecule has 4 atom stereocenters. The Balaban J connectivity index is 1.69. The number of benzene rings is 1. The minimum absolute atomic E-state index is 0.0757. The maximum atomic E-state index is 12.4. The van der Waals surface area contributed by atoms with Gasteiger partial charge >= 0.3 is 5.97 Å². The van der Waals surface area contributed by atoms with Crippen LogP contribution < -0.4 is 0 Å². The number of carbonyl (C=O) groups excluding carboxylic acids is 1. The largest absolute Gasteiger partial charge is 0.454 e. The molecule has 3 nitrogen and oxygen atoms in total. The van der Waals surface area contributed by atoms with Gasteiger partial charge in [0.05, 0.1) is 5.71 Å². The van der Waals surface area contributed by atoms with Gasteiger partial charge in [-0.3, -0.25) is 4.99 Å². The van der Waals surface area contributed by atoms with Crippen molar-refractivity contribution in [3.05, 3.63) is 35.9 Å². The highest BCUT2D eigenvalue weighted by Gasteiger charge is 2.67. The lowest BCUT2D eigenvalue weighted by Gasteiger charge is -2.36. The van der Waals surface area contributed by atoms with E-state index in [1.165, 1.54) is 0 Å². The van der Waals surface area contributed by atoms with Crippen molar-refractivity contribution in [1.29, 1.82) is 0 Å². The number of hydrogen-bond acceptors (Lipinski definition) is 3. The third-order valence-corrected chi connectivity index (χ3v) is 6.59. The Morgan fingerprint density at radius 3 is 2.68 bits per heavy atom. The van der Waals surface area contributed by atoms with Gasteiger partial charge in [0.2, 0.25) is 0 Å². The van der Waals surface area contributed by atoms with Crippen LogP contribution in [-0.2, 0) is 16.0 Å². The SMILES string of the molecule is CC1(C)[C@@H]2CC[C@@]1(C)C1=N[C@@H](Cc3ccccc3)C(=O)O[C@@H]12. The summed E-state index contributed by atoms with van der Waals surface area (Å²) < 4.78 is 5.86. The molecule has 1 aliphatic heterocycles. The number of carbonyl (C=O) groups is 1. The van der Waals surface area contributed by atoms with Crippen LogP contribution in [0, 0.1) is 16.7 Å². The van der Waals surface area contributed by atoms with Gasteiger partial charge in [-0.25, -0.2) is 4.79 Å². The Labute approximate surface area is 131 Å². The van der Waals surface area contributed by atoms with Gasteiger partial charge < -0.3 is 4.74 Å². The molecule has 0 saturated heterocycles. The van der Waals surface area contributed by atoms with Crippen molar-refractivity contribution in [2.75, 3.05) is 0 Å². The molecule has 4 rings (SSSR count). The first-order valence-corrected chi connectivity index (χ1v) is 8.26. The summed E-state index contributed by atoms with van der Waals surface area (Å²) in [5.41, 5.74) is 2.53. The van der Waals surface area contributed by atoms with E-state index in [-0.39, 0.29) is 28.9 Å². The van der Waals surface area contributed by atoms with Crippen LogP contribution in [0.15, 0.2) is 35.3 Å². The number of aliphatic imine (C=N–C) groups is 1. The lowest BCUT2D eigenvalue weighted by molar-refractivity contribution is -0.151. The van der Waals surface area contributed by atoms with Gasteiger partial charge in [0, 0.05) is 17.8 Å². The van der Waals surface area contributed by atoms with Crippen LogP contribution in [0.2, 0.25) is 0 Å². The normalized spacial score (nSPS) is 38.4. The molecule has 3 heteroatoms. The van der Waals surface area contributed by atoms with E-state index in [1.54, 1.807) is 0 Å². The molecular weight excluding hydrogens is 274 g/mol. The first kappa shape index (κ1) is 14.0. The van der Waals surface area contributed by atoms with Gasteiger partial charge in [0.15, 0.2) is 6.04 Å². The number of esters is 1. The van der Waals surface area contributed by atoms with Gasteiger partial charge in [0.25, 0.3) is 0 Å². The first-order valence-electron chi connectivity index (χ1n) is 8.26. The van der Waals surface area contributed by atoms with Crippen molar-refractivity contribution >= 4 is 11.7 Å². The molecule has 0 aromatic heterocycles. The number of ether oxygens (including phenoxy) is 1. The molecule has 22 heavy (non-hydrogen) atoms. The van der Waals surface area contributed by atoms with Gasteiger partial charge in [-0.1, -0.05) is 51.1 Å². The lowest BCUT2D eigenvalue weighted by Crippen LogP contribution is -2.45. The molecule has 2 aliphatic carbocycles. The fraction of sp³-hybridized carbons (Fsp3) is 0.579. The fourth-order valence-corrected chi connectivity index (χ4v) is 4.77. The molecule has 0 radical (unpaired) electrons. The van der Waals surface area contributed by atoms with Crippen LogP contribution in [0.4, 0.5) is 0 Å². The monoisotopic (exact) mass is 297 g/mol. The van der Waals surface area contributed by atoms with E-state index in [2.05, 4.69) is 20.8 Å². The maximum Gasteiger partial charge on any atom is 0.331 e. The molecule has 2 fully saturated rings. The molecule has 2 saturated carbocycles. The minimum atomic E-state index is -0.374. The summed E-state index contributed by atoms with van der Waals surface area (Å²) in [4.78, 5) is 17.3. The Hall–Kier alpha value is -1.64. The average molecular weight is 297 g/mol. The summed E-state index contributed by atoms with van der Waals surface area (Å²) in [6.45, 7) is 6.93. The van der Waals surface area contributed by atoms with Gasteiger partial charge in [-0.2, -0.15) is 0 Å². The second-order valence-electron chi connectivity index (χ2n) is 7.78. The van der Waals surface area contributed by atoms with Crippen molar-refractivity contribution in [3.8, 4) is 0 Å². The highest BCUT2D eigenvalue weighted by Crippen LogP contribution is 2.65. The predicted octanol–water partition coefficient (Wildman–Crippen LogP) is 3.42. The summed E-state index contributed by atoms with van der Waals surface area (Å²) >= 11 is 0. The van der Waals surface area contributed by atoms with Crippen LogP contribution in [0.25, 0.3) is 0 Å². The van der Waals surface area contributed by atoms with Crippen molar-refractivity contribution in [2.45, 2.75) is 52.2 Å². The van der Waals surface area contributed by atoms with E-state index in [0.29, 0.717) is 12.3 Å². The molecule has 116 valence electrons. The Morgan fingerprint density at radius 1 is 1.23 bits per heavy atom. The second kappa shape index (κ2) is 4.43. The number of rotatable bonds is 2. The van der Waals surface area contributed by atoms with Gasteiger partial charge in [-0.05, 0) is 23.8 Å². The van der Waals surface area contributed by atoms with Crippen LogP contribution in [-0.4, -0.2) is 23.8 Å². The van der Waals surface area contributed by atoms with Crippen LogP contribution in [0.1, 0.15) is 39.2 Å². The first-order chi connectivity index (χ1) is 10.4. The summed E-state index contributed by atoms with van der Waals surface area (Å²) in [7, 11) is 0. The zero-order valence-corrected chi connectivity index (χ0v) is 13.5. The molecule has 1 aromatic rings. The van der Waals surface area contributed by atoms with E-state index in [9.17, 15) is 4.79 Å². The number of fused-ring (bicyclic) bond motifs is 5. The van der Waals surface area contributed by atoms with Crippen LogP contribution >= 0.6 is 0 Å². The average Bonchev–Trinajstić information content (AvgIpc) is 2.81. The third kappa shape index (κ3) is 1.68. The number of hydrogen-bond donors (Lipinski definition) is 0. The van der Waals surface area contributed by atoms with Crippen LogP contribution in [0.5, 0.6) is 0 Å². The maximum absolute atomic E-state index is 12.4. The molecule has 1 heterocycles. The molecular formula is C19H23NO2. The predicted molar refractivity (Wildman–Crippen MR) is 85.9 cm³/mol. The van der Waals surface area contributed by atoms with Crippen molar-refractivity contribution in [2.24, 2.45) is 21.7 Å². The molecule has 0 unspecified atom stereocenters. The van der Waals surface area contributed by atoms with Crippen molar-refractivity contribution < 1.29 is 9.53 Å². The summed E-state index contributed by atoms with van der Waals surface area (Å²) in [5, 5.41) is 0. The standard InChI is InChI=1S/C19H23NO2/c1-18(2)13-9-10-19(18,3)16-15(13)22-17(21)14(20-16)11-12-7-5-4-6-8-12/h4-8,13-15H,9-11H2,1-3H3/t13-,14+,15-,19+/m1/s1. The van der Waals surface area contributed by atoms with E-state index in [1.807, 2.05) is 30.3 Å². The van der Waals surface area contributed by atoms with E-state index >= 15 is 0 Å². The fourth-order valence-electron chi connectivity index (χ4n) is 4.77. The summed E-state index contributed by atoms with van der Waals surface area (Å²) in [6.07, 6.45) is 2.87. The molecule has 2 bridgehead atoms. The molecule has 0 N–H and O–H groups in total. The quantitative estimate of drug-likeness (QED) is 0.785. The van der Waals surface area contributed by atoms with Gasteiger partial charge in [-0.15, -0.1) is 0 Å². The Kier molecular flexibility index (Phi) is 2.82. The van der Waals surface area contributed by atoms with Gasteiger partial charge in [0.1, 0.15) is 6.10 Å². The van der Waals surface area contributed by atoms with Crippen molar-refractivity contribution in [1.82, 2.24) is 0 Å². The topological polar surface area (TPSA) is 38.7 Å². The number of nitrogens with zero attached hydrogens (tertiary/aromatic N) is 1. The second-order valence-corrected chi connectivity index (χ2v) is 7.78. The van der Waals surface area contributed by atoms with E-state index in [0.717, 1.165) is 24.1 Å². The smallest absolute Gasteiger partial charge is 0.331 e. The summed E-state index contributed by atoms with van der Waals surface area (Å²) in [6, 6.07) is 9.71. The third-order valence-electron chi connectivity index (χ3n) is 6.59. The Morgan fingerprint density at radius 2 is 1.95 bits per heavy atom. The molecule has 1 aromatic carbocycles.